The molecule has 1 saturated heterocycles. The third-order valence-corrected chi connectivity index (χ3v) is 4.68. The minimum absolute atomic E-state index is 0.144. The average Bonchev–Trinajstić information content (AvgIpc) is 2.64. The van der Waals surface area contributed by atoms with E-state index in [0.29, 0.717) is 0 Å². The summed E-state index contributed by atoms with van der Waals surface area (Å²) in [6, 6.07) is 15.6. The smallest absolute Gasteiger partial charge is 0.123 e. The SMILES string of the molecule is Fc1ccc(C(c2ccc3cnccc3c2)N2CCNCC2)cc1. The van der Waals surface area contributed by atoms with E-state index in [1.165, 1.54) is 10.9 Å². The average molecular weight is 321 g/mol. The van der Waals surface area contributed by atoms with Crippen LogP contribution in [0.15, 0.2) is 60.9 Å². The normalized spacial score (nSPS) is 17.0. The van der Waals surface area contributed by atoms with Crippen LogP contribution in [0.25, 0.3) is 10.8 Å². The molecule has 0 spiro atoms. The van der Waals surface area contributed by atoms with E-state index in [1.807, 2.05) is 30.6 Å². The summed E-state index contributed by atoms with van der Waals surface area (Å²) in [5.41, 5.74) is 2.37. The summed E-state index contributed by atoms with van der Waals surface area (Å²) in [5, 5.41) is 5.72. The molecule has 2 aromatic carbocycles. The summed E-state index contributed by atoms with van der Waals surface area (Å²) in [6.45, 7) is 3.93. The monoisotopic (exact) mass is 321 g/mol. The number of halogens is 1. The van der Waals surface area contributed by atoms with Crippen LogP contribution >= 0.6 is 0 Å². The molecule has 0 saturated carbocycles. The van der Waals surface area contributed by atoms with Crippen LogP contribution in [0.3, 0.4) is 0 Å². The van der Waals surface area contributed by atoms with Crippen molar-refractivity contribution in [2.75, 3.05) is 26.2 Å². The van der Waals surface area contributed by atoms with Crippen LogP contribution in [0.4, 0.5) is 4.39 Å². The molecule has 1 N–H and O–H groups in total. The molecule has 122 valence electrons. The van der Waals surface area contributed by atoms with Crippen LogP contribution in [-0.4, -0.2) is 36.1 Å². The Hall–Kier alpha value is -2.30. The quantitative estimate of drug-likeness (QED) is 0.802. The van der Waals surface area contributed by atoms with Crippen molar-refractivity contribution in [2.24, 2.45) is 0 Å². The number of hydrogen-bond donors (Lipinski definition) is 1. The maximum Gasteiger partial charge on any atom is 0.123 e. The minimum atomic E-state index is -0.192. The van der Waals surface area contributed by atoms with Crippen LogP contribution in [0.1, 0.15) is 17.2 Å². The van der Waals surface area contributed by atoms with Gasteiger partial charge in [0, 0.05) is 44.0 Å². The van der Waals surface area contributed by atoms with Crippen LogP contribution in [0, 0.1) is 5.82 Å². The molecular weight excluding hydrogens is 301 g/mol. The molecule has 1 unspecified atom stereocenters. The Balaban J connectivity index is 1.79. The second-order valence-electron chi connectivity index (χ2n) is 6.22. The molecule has 4 rings (SSSR count). The van der Waals surface area contributed by atoms with Crippen molar-refractivity contribution in [3.63, 3.8) is 0 Å². The minimum Gasteiger partial charge on any atom is -0.314 e. The van der Waals surface area contributed by atoms with Gasteiger partial charge in [0.2, 0.25) is 0 Å². The first-order valence-electron chi connectivity index (χ1n) is 8.35. The summed E-state index contributed by atoms with van der Waals surface area (Å²) in [7, 11) is 0. The van der Waals surface area contributed by atoms with Gasteiger partial charge < -0.3 is 5.32 Å². The molecule has 3 nitrogen and oxygen atoms in total. The van der Waals surface area contributed by atoms with Gasteiger partial charge in [-0.2, -0.15) is 0 Å². The zero-order valence-corrected chi connectivity index (χ0v) is 13.5. The highest BCUT2D eigenvalue weighted by Gasteiger charge is 2.24. The largest absolute Gasteiger partial charge is 0.314 e. The molecular formula is C20H20FN3. The number of hydrogen-bond acceptors (Lipinski definition) is 3. The molecule has 0 amide bonds. The third-order valence-electron chi connectivity index (χ3n) is 4.68. The number of pyridine rings is 1. The lowest BCUT2D eigenvalue weighted by Crippen LogP contribution is -2.45. The Labute approximate surface area is 141 Å². The van der Waals surface area contributed by atoms with Gasteiger partial charge in [0.15, 0.2) is 0 Å². The lowest BCUT2D eigenvalue weighted by molar-refractivity contribution is 0.198. The Bertz CT molecular complexity index is 826. The maximum atomic E-state index is 13.4. The standard InChI is InChI=1S/C20H20FN3/c21-19-5-3-15(4-6-19)20(24-11-9-22-10-12-24)17-1-2-18-14-23-8-7-16(18)13-17/h1-8,13-14,20,22H,9-12H2. The zero-order chi connectivity index (χ0) is 16.4. The fourth-order valence-corrected chi connectivity index (χ4v) is 3.47. The predicted molar refractivity (Wildman–Crippen MR) is 94.4 cm³/mol. The van der Waals surface area contributed by atoms with Gasteiger partial charge in [-0.15, -0.1) is 0 Å². The van der Waals surface area contributed by atoms with Gasteiger partial charge in [-0.1, -0.05) is 24.3 Å². The summed E-state index contributed by atoms with van der Waals surface area (Å²) < 4.78 is 13.4. The van der Waals surface area contributed by atoms with Gasteiger partial charge in [0.05, 0.1) is 6.04 Å². The Morgan fingerprint density at radius 3 is 2.46 bits per heavy atom. The van der Waals surface area contributed by atoms with E-state index in [4.69, 9.17) is 0 Å². The van der Waals surface area contributed by atoms with Gasteiger partial charge in [-0.3, -0.25) is 9.88 Å². The van der Waals surface area contributed by atoms with Gasteiger partial charge >= 0.3 is 0 Å². The number of rotatable bonds is 3. The molecule has 0 bridgehead atoms. The zero-order valence-electron chi connectivity index (χ0n) is 13.5. The molecule has 0 aliphatic carbocycles. The first-order chi connectivity index (χ1) is 11.8. The highest BCUT2D eigenvalue weighted by Crippen LogP contribution is 2.31. The summed E-state index contributed by atoms with van der Waals surface area (Å²) in [6.07, 6.45) is 3.71. The van der Waals surface area contributed by atoms with E-state index in [9.17, 15) is 4.39 Å². The number of benzene rings is 2. The highest BCUT2D eigenvalue weighted by atomic mass is 19.1. The second kappa shape index (κ2) is 6.67. The lowest BCUT2D eigenvalue weighted by Gasteiger charge is -2.35. The topological polar surface area (TPSA) is 28.2 Å². The molecule has 1 aliphatic rings. The van der Waals surface area contributed by atoms with E-state index in [1.54, 1.807) is 12.1 Å². The van der Waals surface area contributed by atoms with E-state index in [-0.39, 0.29) is 11.9 Å². The summed E-state index contributed by atoms with van der Waals surface area (Å²) in [5.74, 6) is -0.192. The van der Waals surface area contributed by atoms with E-state index in [0.717, 1.165) is 37.1 Å². The van der Waals surface area contributed by atoms with Gasteiger partial charge in [-0.25, -0.2) is 4.39 Å². The molecule has 2 heterocycles. The van der Waals surface area contributed by atoms with Gasteiger partial charge in [0.1, 0.15) is 5.82 Å². The van der Waals surface area contributed by atoms with Crippen molar-refractivity contribution in [1.82, 2.24) is 15.2 Å². The van der Waals surface area contributed by atoms with Crippen LogP contribution in [0.2, 0.25) is 0 Å². The lowest BCUT2D eigenvalue weighted by atomic mass is 9.94. The van der Waals surface area contributed by atoms with Crippen LogP contribution in [0.5, 0.6) is 0 Å². The first-order valence-corrected chi connectivity index (χ1v) is 8.35. The first kappa shape index (κ1) is 15.2. The predicted octanol–water partition coefficient (Wildman–Crippen LogP) is 3.37. The number of aromatic nitrogens is 1. The van der Waals surface area contributed by atoms with Crippen molar-refractivity contribution >= 4 is 10.8 Å². The van der Waals surface area contributed by atoms with Gasteiger partial charge in [0.25, 0.3) is 0 Å². The molecule has 1 aliphatic heterocycles. The number of piperazine rings is 1. The van der Waals surface area contributed by atoms with Crippen molar-refractivity contribution in [2.45, 2.75) is 6.04 Å². The molecule has 1 atom stereocenters. The number of nitrogens with one attached hydrogen (secondary N) is 1. The molecule has 3 aromatic rings. The van der Waals surface area contributed by atoms with Crippen molar-refractivity contribution in [1.29, 1.82) is 0 Å². The van der Waals surface area contributed by atoms with E-state index >= 15 is 0 Å². The van der Waals surface area contributed by atoms with Crippen molar-refractivity contribution in [3.05, 3.63) is 77.9 Å². The van der Waals surface area contributed by atoms with Gasteiger partial charge in [-0.05, 0) is 40.8 Å². The number of nitrogens with zero attached hydrogens (tertiary/aromatic N) is 2. The third kappa shape index (κ3) is 3.03. The fraction of sp³-hybridized carbons (Fsp3) is 0.250. The van der Waals surface area contributed by atoms with Crippen LogP contribution in [-0.2, 0) is 0 Å². The molecule has 1 aromatic heterocycles. The molecule has 1 fully saturated rings. The maximum absolute atomic E-state index is 13.4. The highest BCUT2D eigenvalue weighted by molar-refractivity contribution is 5.82. The van der Waals surface area contributed by atoms with Crippen molar-refractivity contribution in [3.8, 4) is 0 Å². The second-order valence-corrected chi connectivity index (χ2v) is 6.22. The Kier molecular flexibility index (Phi) is 4.24. The molecule has 4 heteroatoms. The van der Waals surface area contributed by atoms with Crippen LogP contribution < -0.4 is 5.32 Å². The Morgan fingerprint density at radius 2 is 1.67 bits per heavy atom. The fourth-order valence-electron chi connectivity index (χ4n) is 3.47. The Morgan fingerprint density at radius 1 is 0.917 bits per heavy atom. The summed E-state index contributed by atoms with van der Waals surface area (Å²) in [4.78, 5) is 6.65. The molecule has 24 heavy (non-hydrogen) atoms. The van der Waals surface area contributed by atoms with Crippen molar-refractivity contribution < 1.29 is 4.39 Å². The van der Waals surface area contributed by atoms with E-state index < -0.39 is 0 Å². The summed E-state index contributed by atoms with van der Waals surface area (Å²) >= 11 is 0. The van der Waals surface area contributed by atoms with E-state index in [2.05, 4.69) is 33.4 Å². The molecule has 0 radical (unpaired) electrons. The number of fused-ring (bicyclic) bond motifs is 1.